The Morgan fingerprint density at radius 1 is 1.24 bits per heavy atom. The van der Waals surface area contributed by atoms with E-state index in [1.54, 1.807) is 17.7 Å². The first-order valence-electron chi connectivity index (χ1n) is 8.22. The minimum atomic E-state index is -0.179. The molecule has 3 aromatic rings. The van der Waals surface area contributed by atoms with Gasteiger partial charge in [0.25, 0.3) is 0 Å². The van der Waals surface area contributed by atoms with E-state index in [4.69, 9.17) is 0 Å². The topological polar surface area (TPSA) is 54.9 Å². The Kier molecular flexibility index (Phi) is 5.39. The number of benzene rings is 1. The first-order chi connectivity index (χ1) is 12.0. The summed E-state index contributed by atoms with van der Waals surface area (Å²) >= 11 is 3.11. The van der Waals surface area contributed by atoms with Crippen LogP contribution in [0.2, 0.25) is 0 Å². The number of thioether (sulfide) groups is 1. The Morgan fingerprint density at radius 2 is 2.00 bits per heavy atom. The number of nitrogens with one attached hydrogen (secondary N) is 1. The maximum atomic E-state index is 12.2. The minimum absolute atomic E-state index is 0.0297. The number of thiophene rings is 1. The van der Waals surface area contributed by atoms with E-state index >= 15 is 0 Å². The molecule has 0 saturated heterocycles. The number of rotatable bonds is 6. The summed E-state index contributed by atoms with van der Waals surface area (Å²) in [6, 6.07) is 12.4. The molecule has 0 unspecified atom stereocenters. The second-order valence-electron chi connectivity index (χ2n) is 6.45. The van der Waals surface area contributed by atoms with E-state index in [1.165, 1.54) is 17.3 Å². The van der Waals surface area contributed by atoms with E-state index in [1.807, 2.05) is 32.0 Å². The van der Waals surface area contributed by atoms with Crippen molar-refractivity contribution in [2.75, 3.05) is 5.75 Å². The molecule has 4 nitrogen and oxygen atoms in total. The van der Waals surface area contributed by atoms with Crippen LogP contribution in [0.3, 0.4) is 0 Å². The van der Waals surface area contributed by atoms with Gasteiger partial charge in [0, 0.05) is 15.8 Å². The van der Waals surface area contributed by atoms with Crippen LogP contribution in [0.25, 0.3) is 20.7 Å². The quantitative estimate of drug-likeness (QED) is 0.501. The van der Waals surface area contributed by atoms with Gasteiger partial charge in [-0.1, -0.05) is 49.0 Å². The Hall–Kier alpha value is -1.92. The van der Waals surface area contributed by atoms with Crippen LogP contribution in [-0.4, -0.2) is 27.2 Å². The van der Waals surface area contributed by atoms with Crippen molar-refractivity contribution in [2.45, 2.75) is 37.8 Å². The summed E-state index contributed by atoms with van der Waals surface area (Å²) in [5, 5.41) is 4.92. The smallest absolute Gasteiger partial charge is 0.230 e. The normalized spacial score (nSPS) is 11.6. The molecule has 0 aliphatic carbocycles. The standard InChI is InChI=1S/C19H21N3OS2/c1-4-19(2,3)22-16(23)11-24-17-14-10-15(13-8-6-5-7-9-13)25-18(14)21-12-20-17/h5-10,12H,4,11H2,1-3H3,(H,22,23). The molecular weight excluding hydrogens is 350 g/mol. The van der Waals surface area contributed by atoms with Gasteiger partial charge in [-0.05, 0) is 31.9 Å². The molecule has 0 saturated carbocycles. The van der Waals surface area contributed by atoms with Crippen LogP contribution in [-0.2, 0) is 4.79 Å². The van der Waals surface area contributed by atoms with Crippen molar-refractivity contribution in [1.29, 1.82) is 0 Å². The van der Waals surface area contributed by atoms with Gasteiger partial charge in [-0.15, -0.1) is 11.3 Å². The highest BCUT2D eigenvalue weighted by molar-refractivity contribution is 8.00. The molecule has 1 aromatic carbocycles. The summed E-state index contributed by atoms with van der Waals surface area (Å²) in [6.45, 7) is 6.13. The molecule has 6 heteroatoms. The van der Waals surface area contributed by atoms with Crippen molar-refractivity contribution in [3.05, 3.63) is 42.7 Å². The number of carbonyl (C=O) groups excluding carboxylic acids is 1. The highest BCUT2D eigenvalue weighted by atomic mass is 32.2. The molecule has 0 aliphatic heterocycles. The van der Waals surface area contributed by atoms with Crippen molar-refractivity contribution in [2.24, 2.45) is 0 Å². The number of nitrogens with zero attached hydrogens (tertiary/aromatic N) is 2. The maximum Gasteiger partial charge on any atom is 0.230 e. The summed E-state index contributed by atoms with van der Waals surface area (Å²) in [5.41, 5.74) is 0.991. The van der Waals surface area contributed by atoms with Gasteiger partial charge in [0.1, 0.15) is 16.2 Å². The van der Waals surface area contributed by atoms with E-state index in [0.29, 0.717) is 5.75 Å². The van der Waals surface area contributed by atoms with E-state index in [2.05, 4.69) is 40.4 Å². The Morgan fingerprint density at radius 3 is 2.72 bits per heavy atom. The molecular formula is C19H21N3OS2. The molecule has 1 N–H and O–H groups in total. The zero-order valence-corrected chi connectivity index (χ0v) is 16.2. The van der Waals surface area contributed by atoms with E-state index < -0.39 is 0 Å². The van der Waals surface area contributed by atoms with Crippen molar-refractivity contribution >= 4 is 39.2 Å². The van der Waals surface area contributed by atoms with Crippen LogP contribution in [0.1, 0.15) is 27.2 Å². The molecule has 1 amide bonds. The number of carbonyl (C=O) groups is 1. The number of amides is 1. The molecule has 3 rings (SSSR count). The van der Waals surface area contributed by atoms with Gasteiger partial charge in [0.2, 0.25) is 5.91 Å². The van der Waals surface area contributed by atoms with Gasteiger partial charge in [-0.3, -0.25) is 4.79 Å². The van der Waals surface area contributed by atoms with Gasteiger partial charge >= 0.3 is 0 Å². The summed E-state index contributed by atoms with van der Waals surface area (Å²) < 4.78 is 0. The van der Waals surface area contributed by atoms with E-state index in [-0.39, 0.29) is 11.4 Å². The highest BCUT2D eigenvalue weighted by Crippen LogP contribution is 2.36. The fourth-order valence-electron chi connectivity index (χ4n) is 2.33. The molecule has 2 heterocycles. The molecule has 0 bridgehead atoms. The number of hydrogen-bond donors (Lipinski definition) is 1. The molecule has 0 aliphatic rings. The molecule has 0 radical (unpaired) electrons. The van der Waals surface area contributed by atoms with Crippen molar-refractivity contribution in [1.82, 2.24) is 15.3 Å². The third kappa shape index (κ3) is 4.38. The zero-order chi connectivity index (χ0) is 17.9. The third-order valence-corrected chi connectivity index (χ3v) is 6.15. The van der Waals surface area contributed by atoms with Gasteiger partial charge in [-0.2, -0.15) is 0 Å². The van der Waals surface area contributed by atoms with Crippen molar-refractivity contribution in [3.63, 3.8) is 0 Å². The van der Waals surface area contributed by atoms with Crippen LogP contribution in [0, 0.1) is 0 Å². The summed E-state index contributed by atoms with van der Waals surface area (Å²) in [6.07, 6.45) is 2.47. The van der Waals surface area contributed by atoms with Crippen molar-refractivity contribution in [3.8, 4) is 10.4 Å². The lowest BCUT2D eigenvalue weighted by atomic mass is 10.0. The van der Waals surface area contributed by atoms with Gasteiger partial charge in [0.15, 0.2) is 0 Å². The van der Waals surface area contributed by atoms with Gasteiger partial charge in [0.05, 0.1) is 5.75 Å². The first kappa shape index (κ1) is 17.9. The zero-order valence-electron chi connectivity index (χ0n) is 14.6. The number of aromatic nitrogens is 2. The van der Waals surface area contributed by atoms with Gasteiger partial charge < -0.3 is 5.32 Å². The summed E-state index contributed by atoms with van der Waals surface area (Å²) in [4.78, 5) is 23.1. The largest absolute Gasteiger partial charge is 0.351 e. The number of fused-ring (bicyclic) bond motifs is 1. The number of hydrogen-bond acceptors (Lipinski definition) is 5. The maximum absolute atomic E-state index is 12.2. The molecule has 0 atom stereocenters. The van der Waals surface area contributed by atoms with E-state index in [9.17, 15) is 4.79 Å². The Bertz CT molecular complexity index is 875. The van der Waals surface area contributed by atoms with Crippen LogP contribution in [0.15, 0.2) is 47.8 Å². The molecule has 2 aromatic heterocycles. The summed E-state index contributed by atoms with van der Waals surface area (Å²) in [5.74, 6) is 0.383. The van der Waals surface area contributed by atoms with Crippen LogP contribution in [0.4, 0.5) is 0 Å². The first-order valence-corrected chi connectivity index (χ1v) is 10.0. The monoisotopic (exact) mass is 371 g/mol. The van der Waals surface area contributed by atoms with Crippen molar-refractivity contribution < 1.29 is 4.79 Å². The fraction of sp³-hybridized carbons (Fsp3) is 0.316. The van der Waals surface area contributed by atoms with Crippen LogP contribution in [0.5, 0.6) is 0 Å². The van der Waals surface area contributed by atoms with Crippen LogP contribution < -0.4 is 5.32 Å². The summed E-state index contributed by atoms with van der Waals surface area (Å²) in [7, 11) is 0. The van der Waals surface area contributed by atoms with Crippen LogP contribution >= 0.6 is 23.1 Å². The fourth-order valence-corrected chi connectivity index (χ4v) is 4.17. The molecule has 0 spiro atoms. The second-order valence-corrected chi connectivity index (χ2v) is 8.44. The Balaban J connectivity index is 1.78. The lowest BCUT2D eigenvalue weighted by molar-refractivity contribution is -0.120. The second kappa shape index (κ2) is 7.54. The lowest BCUT2D eigenvalue weighted by Gasteiger charge is -2.24. The molecule has 25 heavy (non-hydrogen) atoms. The average molecular weight is 372 g/mol. The predicted molar refractivity (Wildman–Crippen MR) is 106 cm³/mol. The predicted octanol–water partition coefficient (Wildman–Crippen LogP) is 4.76. The SMILES string of the molecule is CCC(C)(C)NC(=O)CSc1ncnc2sc(-c3ccccc3)cc12. The van der Waals surface area contributed by atoms with Gasteiger partial charge in [-0.25, -0.2) is 9.97 Å². The average Bonchev–Trinajstić information content (AvgIpc) is 3.05. The molecule has 130 valence electrons. The van der Waals surface area contributed by atoms with E-state index in [0.717, 1.165) is 26.5 Å². The molecule has 0 fully saturated rings. The lowest BCUT2D eigenvalue weighted by Crippen LogP contribution is -2.43. The third-order valence-electron chi connectivity index (χ3n) is 4.05. The highest BCUT2D eigenvalue weighted by Gasteiger charge is 2.18. The Labute approximate surface area is 156 Å². The minimum Gasteiger partial charge on any atom is -0.351 e.